The number of nitrogen functional groups attached to an aromatic ring is 3. The van der Waals surface area contributed by atoms with Crippen molar-refractivity contribution in [2.75, 3.05) is 30.4 Å². The van der Waals surface area contributed by atoms with Gasteiger partial charge in [0, 0.05) is 12.8 Å². The standard InChI is InChI=1S/C12H14N6O3.C12H13N5O4/c1-2-12(4-19)6(20)3-7(21-12)18-5-15-8-9(13)16-11(14)17-10(8)18;1-2-12(4-18)6(19)3-7(21-12)17-5-14-8-9(17)15-11(13)16-10(8)20/h1,5-7,19-20H,3-4H2,(H4,13,14,16,17);1,5-7,18-19H,3-4H2,(H3,13,15,16,20)/t2*6?,7-,12-/m11/s1. The number of ether oxygens (including phenoxy) is 2. The Morgan fingerprint density at radius 3 is 1.88 bits per heavy atom. The third kappa shape index (κ3) is 4.54. The van der Waals surface area contributed by atoms with Crippen molar-refractivity contribution in [3.63, 3.8) is 0 Å². The van der Waals surface area contributed by atoms with Gasteiger partial charge in [0.15, 0.2) is 33.8 Å². The maximum atomic E-state index is 11.7. The summed E-state index contributed by atoms with van der Waals surface area (Å²) in [6.07, 6.45) is 10.4. The Kier molecular flexibility index (Phi) is 7.20. The number of nitrogens with two attached hydrogens (primary N) is 3. The molecule has 0 spiro atoms. The highest BCUT2D eigenvalue weighted by molar-refractivity contribution is 5.82. The molecule has 6 atom stereocenters. The number of nitrogens with one attached hydrogen (secondary N) is 1. The third-order valence-corrected chi connectivity index (χ3v) is 7.11. The summed E-state index contributed by atoms with van der Waals surface area (Å²) in [6.45, 7) is -1.02. The second-order valence-corrected chi connectivity index (χ2v) is 9.60. The fourth-order valence-corrected chi connectivity index (χ4v) is 4.80. The van der Waals surface area contributed by atoms with Crippen molar-refractivity contribution in [2.24, 2.45) is 0 Å². The van der Waals surface area contributed by atoms with E-state index in [-0.39, 0.29) is 41.7 Å². The largest absolute Gasteiger partial charge is 0.392 e. The van der Waals surface area contributed by atoms with Crippen molar-refractivity contribution in [3.05, 3.63) is 23.0 Å². The van der Waals surface area contributed by atoms with Crippen LogP contribution in [0.1, 0.15) is 25.3 Å². The van der Waals surface area contributed by atoms with Crippen LogP contribution in [0.25, 0.3) is 22.3 Å². The number of aromatic amines is 1. The van der Waals surface area contributed by atoms with Gasteiger partial charge in [-0.2, -0.15) is 15.0 Å². The number of hydrogen-bond acceptors (Lipinski definition) is 15. The van der Waals surface area contributed by atoms with Crippen molar-refractivity contribution in [1.82, 2.24) is 39.0 Å². The van der Waals surface area contributed by atoms with Crippen molar-refractivity contribution in [3.8, 4) is 24.7 Å². The van der Waals surface area contributed by atoms with Gasteiger partial charge in [-0.05, 0) is 0 Å². The van der Waals surface area contributed by atoms with Gasteiger partial charge in [-0.15, -0.1) is 12.8 Å². The normalized spacial score (nSPS) is 28.8. The molecule has 0 aliphatic carbocycles. The molecule has 2 unspecified atom stereocenters. The molecule has 11 N–H and O–H groups in total. The molecule has 0 aromatic carbocycles. The van der Waals surface area contributed by atoms with Gasteiger partial charge in [0.2, 0.25) is 11.9 Å². The Bertz CT molecular complexity index is 1790. The molecule has 2 fully saturated rings. The Hall–Kier alpha value is -4.82. The minimum absolute atomic E-state index is 0.00525. The van der Waals surface area contributed by atoms with Gasteiger partial charge in [0.05, 0.1) is 25.9 Å². The summed E-state index contributed by atoms with van der Waals surface area (Å²) in [6, 6.07) is 0. The summed E-state index contributed by atoms with van der Waals surface area (Å²) < 4.78 is 14.2. The molecule has 18 heteroatoms. The first-order chi connectivity index (χ1) is 20.0. The zero-order valence-corrected chi connectivity index (χ0v) is 21.8. The number of rotatable bonds is 4. The van der Waals surface area contributed by atoms with Crippen LogP contribution in [0.3, 0.4) is 0 Å². The van der Waals surface area contributed by atoms with Gasteiger partial charge >= 0.3 is 0 Å². The molecule has 0 saturated carbocycles. The monoisotopic (exact) mass is 581 g/mol. The van der Waals surface area contributed by atoms with E-state index < -0.39 is 54.6 Å². The predicted molar refractivity (Wildman–Crippen MR) is 146 cm³/mol. The van der Waals surface area contributed by atoms with E-state index in [1.807, 2.05) is 0 Å². The van der Waals surface area contributed by atoms with Gasteiger partial charge in [-0.1, -0.05) is 11.8 Å². The minimum Gasteiger partial charge on any atom is -0.392 e. The number of fused-ring (bicyclic) bond motifs is 2. The maximum Gasteiger partial charge on any atom is 0.280 e. The van der Waals surface area contributed by atoms with Crippen LogP contribution >= 0.6 is 0 Å². The lowest BCUT2D eigenvalue weighted by atomic mass is 9.99. The van der Waals surface area contributed by atoms with Crippen LogP contribution in [0.2, 0.25) is 0 Å². The summed E-state index contributed by atoms with van der Waals surface area (Å²) in [5, 5.41) is 38.8. The van der Waals surface area contributed by atoms with Gasteiger partial charge in [0.25, 0.3) is 5.56 Å². The van der Waals surface area contributed by atoms with Gasteiger partial charge in [-0.3, -0.25) is 18.9 Å². The molecule has 0 amide bonds. The smallest absolute Gasteiger partial charge is 0.280 e. The summed E-state index contributed by atoms with van der Waals surface area (Å²) >= 11 is 0. The highest BCUT2D eigenvalue weighted by atomic mass is 16.6. The van der Waals surface area contributed by atoms with E-state index in [9.17, 15) is 25.2 Å². The maximum absolute atomic E-state index is 11.7. The summed E-state index contributed by atoms with van der Waals surface area (Å²) in [5.41, 5.74) is 14.5. The Balaban J connectivity index is 0.000000168. The zero-order valence-electron chi connectivity index (χ0n) is 21.8. The number of aliphatic hydroxyl groups excluding tert-OH is 4. The lowest BCUT2D eigenvalue weighted by Gasteiger charge is -2.23. The second-order valence-electron chi connectivity index (χ2n) is 9.60. The molecule has 4 aromatic heterocycles. The fraction of sp³-hybridized carbons (Fsp3) is 0.417. The van der Waals surface area contributed by atoms with E-state index in [0.717, 1.165) is 0 Å². The number of H-pyrrole nitrogens is 1. The van der Waals surface area contributed by atoms with Crippen LogP contribution in [0.15, 0.2) is 17.4 Å². The molecule has 0 radical (unpaired) electrons. The molecule has 2 aliphatic heterocycles. The number of aliphatic hydroxyl groups is 4. The number of terminal acetylenes is 2. The number of imidazole rings is 2. The van der Waals surface area contributed by atoms with Crippen molar-refractivity contribution in [2.45, 2.75) is 48.7 Å². The average molecular weight is 582 g/mol. The number of nitrogens with zero attached hydrogens (tertiary/aromatic N) is 7. The number of anilines is 3. The molecule has 6 heterocycles. The highest BCUT2D eigenvalue weighted by Gasteiger charge is 2.48. The number of hydrogen-bond donors (Lipinski definition) is 8. The molecule has 4 aromatic rings. The zero-order chi connectivity index (χ0) is 30.4. The molecular formula is C24H27N11O7. The fourth-order valence-electron chi connectivity index (χ4n) is 4.80. The highest BCUT2D eigenvalue weighted by Crippen LogP contribution is 2.38. The van der Waals surface area contributed by atoms with E-state index in [1.165, 1.54) is 17.2 Å². The van der Waals surface area contributed by atoms with E-state index in [4.69, 9.17) is 39.5 Å². The summed E-state index contributed by atoms with van der Waals surface area (Å²) in [7, 11) is 0. The lowest BCUT2D eigenvalue weighted by Crippen LogP contribution is -2.41. The summed E-state index contributed by atoms with van der Waals surface area (Å²) in [5.74, 6) is 4.67. The van der Waals surface area contributed by atoms with E-state index in [0.29, 0.717) is 11.2 Å². The quantitative estimate of drug-likeness (QED) is 0.111. The van der Waals surface area contributed by atoms with Crippen LogP contribution in [0.4, 0.5) is 17.7 Å². The van der Waals surface area contributed by atoms with Crippen molar-refractivity contribution >= 4 is 40.0 Å². The van der Waals surface area contributed by atoms with Crippen LogP contribution in [0.5, 0.6) is 0 Å². The van der Waals surface area contributed by atoms with Crippen molar-refractivity contribution in [1.29, 1.82) is 0 Å². The van der Waals surface area contributed by atoms with E-state index >= 15 is 0 Å². The number of aromatic nitrogens is 8. The molecule has 2 saturated heterocycles. The minimum atomic E-state index is -1.48. The average Bonchev–Trinajstić information content (AvgIpc) is 3.72. The van der Waals surface area contributed by atoms with E-state index in [2.05, 4.69) is 41.7 Å². The van der Waals surface area contributed by atoms with Crippen LogP contribution < -0.4 is 22.8 Å². The predicted octanol–water partition coefficient (Wildman–Crippen LogP) is -3.02. The topological polar surface area (TPSA) is 285 Å². The lowest BCUT2D eigenvalue weighted by molar-refractivity contribution is -0.0891. The third-order valence-electron chi connectivity index (χ3n) is 7.11. The second kappa shape index (κ2) is 10.5. The van der Waals surface area contributed by atoms with Gasteiger partial charge in [0.1, 0.15) is 30.2 Å². The van der Waals surface area contributed by atoms with Crippen LogP contribution in [-0.4, -0.2) is 96.1 Å². The van der Waals surface area contributed by atoms with E-state index in [1.54, 1.807) is 4.57 Å². The molecule has 6 rings (SSSR count). The first kappa shape index (κ1) is 28.7. The Morgan fingerprint density at radius 2 is 1.40 bits per heavy atom. The van der Waals surface area contributed by atoms with Gasteiger partial charge < -0.3 is 47.1 Å². The van der Waals surface area contributed by atoms with Crippen LogP contribution in [-0.2, 0) is 9.47 Å². The molecule has 2 aliphatic rings. The molecule has 220 valence electrons. The SMILES string of the molecule is C#C[C@]1(CO)O[C@@H](n2cnc3c(=O)[nH]c(N)nc32)CC1O.C#C[C@]1(CO)O[C@@H](n2cnc3c(N)nc(N)nc32)CC1O. The summed E-state index contributed by atoms with van der Waals surface area (Å²) in [4.78, 5) is 34.0. The van der Waals surface area contributed by atoms with Gasteiger partial charge in [-0.25, -0.2) is 9.97 Å². The van der Waals surface area contributed by atoms with Crippen molar-refractivity contribution < 1.29 is 29.9 Å². The van der Waals surface area contributed by atoms with Crippen LogP contribution in [0, 0.1) is 24.7 Å². The molecular weight excluding hydrogens is 554 g/mol. The molecule has 18 nitrogen and oxygen atoms in total. The molecule has 42 heavy (non-hydrogen) atoms. The Labute approximate surface area is 236 Å². The molecule has 0 bridgehead atoms. The Morgan fingerprint density at radius 1 is 0.905 bits per heavy atom. The first-order valence-corrected chi connectivity index (χ1v) is 12.4. The first-order valence-electron chi connectivity index (χ1n) is 12.4.